The van der Waals surface area contributed by atoms with Gasteiger partial charge in [0.05, 0.1) is 5.56 Å². The molecule has 4 heteroatoms. The Morgan fingerprint density at radius 2 is 2.17 bits per heavy atom. The average Bonchev–Trinajstić information content (AvgIpc) is 1.97. The van der Waals surface area contributed by atoms with Crippen molar-refractivity contribution in [1.29, 1.82) is 0 Å². The summed E-state index contributed by atoms with van der Waals surface area (Å²) >= 11 is 3.04. The largest absolute Gasteiger partial charge is 0.365 e. The van der Waals surface area contributed by atoms with Crippen molar-refractivity contribution in [3.63, 3.8) is 0 Å². The Kier molecular flexibility index (Phi) is 2.47. The molecule has 0 fully saturated rings. The maximum atomic E-state index is 13.2. The second-order valence-electron chi connectivity index (χ2n) is 2.42. The molecule has 0 bridgehead atoms. The molecule has 0 aromatic heterocycles. The summed E-state index contributed by atoms with van der Waals surface area (Å²) in [4.78, 5) is 10.7. The van der Waals surface area contributed by atoms with Crippen molar-refractivity contribution in [3.8, 4) is 0 Å². The summed E-state index contributed by atoms with van der Waals surface area (Å²) in [6.45, 7) is 1.58. The second-order valence-corrected chi connectivity index (χ2v) is 3.27. The minimum atomic E-state index is -0.761. The van der Waals surface area contributed by atoms with E-state index in [0.717, 1.165) is 0 Å². The molecule has 0 saturated carbocycles. The lowest BCUT2D eigenvalue weighted by molar-refractivity contribution is 0.0995. The van der Waals surface area contributed by atoms with Crippen molar-refractivity contribution in [2.75, 3.05) is 0 Å². The van der Waals surface area contributed by atoms with Gasteiger partial charge in [-0.3, -0.25) is 4.79 Å². The van der Waals surface area contributed by atoms with Crippen LogP contribution in [0.25, 0.3) is 0 Å². The summed E-state index contributed by atoms with van der Waals surface area (Å²) in [6, 6.07) is 3.17. The number of carbonyl (C=O) groups excluding carboxylic acids is 1. The number of rotatable bonds is 1. The third-order valence-corrected chi connectivity index (χ3v) is 2.19. The van der Waals surface area contributed by atoms with E-state index < -0.39 is 11.7 Å². The average molecular weight is 232 g/mol. The molecule has 0 unspecified atom stereocenters. The maximum absolute atomic E-state index is 13.2. The number of halogens is 2. The van der Waals surface area contributed by atoms with E-state index in [4.69, 9.17) is 5.73 Å². The van der Waals surface area contributed by atoms with E-state index in [1.165, 1.54) is 0 Å². The molecule has 2 nitrogen and oxygen atoms in total. The number of benzene rings is 1. The number of carbonyl (C=O) groups is 1. The number of nitrogens with two attached hydrogens (primary N) is 1. The smallest absolute Gasteiger partial charge is 0.252 e. The lowest BCUT2D eigenvalue weighted by Crippen LogP contribution is -2.14. The highest BCUT2D eigenvalue weighted by atomic mass is 79.9. The molecule has 2 N–H and O–H groups in total. The molecule has 1 aromatic carbocycles. The molecule has 12 heavy (non-hydrogen) atoms. The second kappa shape index (κ2) is 3.23. The van der Waals surface area contributed by atoms with Crippen LogP contribution >= 0.6 is 15.9 Å². The topological polar surface area (TPSA) is 43.1 Å². The van der Waals surface area contributed by atoms with Crippen molar-refractivity contribution in [3.05, 3.63) is 33.5 Å². The van der Waals surface area contributed by atoms with Gasteiger partial charge in [0, 0.05) is 4.47 Å². The first kappa shape index (κ1) is 9.19. The van der Waals surface area contributed by atoms with E-state index in [2.05, 4.69) is 15.9 Å². The quantitative estimate of drug-likeness (QED) is 0.790. The van der Waals surface area contributed by atoms with Gasteiger partial charge >= 0.3 is 0 Å². The first-order valence-corrected chi connectivity index (χ1v) is 4.07. The van der Waals surface area contributed by atoms with Gasteiger partial charge in [-0.1, -0.05) is 6.07 Å². The number of amides is 1. The highest BCUT2D eigenvalue weighted by molar-refractivity contribution is 9.10. The lowest BCUT2D eigenvalue weighted by Gasteiger charge is -2.03. The van der Waals surface area contributed by atoms with Gasteiger partial charge in [0.15, 0.2) is 0 Å². The molecule has 0 saturated heterocycles. The van der Waals surface area contributed by atoms with Gasteiger partial charge in [-0.25, -0.2) is 4.39 Å². The zero-order chi connectivity index (χ0) is 9.30. The Bertz CT molecular complexity index is 338. The van der Waals surface area contributed by atoms with Gasteiger partial charge in [-0.05, 0) is 34.5 Å². The van der Waals surface area contributed by atoms with Crippen LogP contribution in [0.15, 0.2) is 16.6 Å². The molecule has 1 aromatic rings. The van der Waals surface area contributed by atoms with E-state index in [1.807, 2.05) is 0 Å². The first-order chi connectivity index (χ1) is 5.54. The van der Waals surface area contributed by atoms with Gasteiger partial charge in [0.1, 0.15) is 5.82 Å². The van der Waals surface area contributed by atoms with E-state index in [1.54, 1.807) is 19.1 Å². The third kappa shape index (κ3) is 1.48. The number of hydrogen-bond donors (Lipinski definition) is 1. The predicted molar refractivity (Wildman–Crippen MR) is 47.4 cm³/mol. The maximum Gasteiger partial charge on any atom is 0.252 e. The third-order valence-electron chi connectivity index (χ3n) is 1.53. The van der Waals surface area contributed by atoms with E-state index in [0.29, 0.717) is 10.0 Å². The minimum Gasteiger partial charge on any atom is -0.365 e. The van der Waals surface area contributed by atoms with Crippen molar-refractivity contribution in [2.45, 2.75) is 6.92 Å². The molecule has 0 heterocycles. The van der Waals surface area contributed by atoms with Gasteiger partial charge < -0.3 is 5.73 Å². The summed E-state index contributed by atoms with van der Waals surface area (Å²) in [7, 11) is 0. The highest BCUT2D eigenvalue weighted by Crippen LogP contribution is 2.21. The molecule has 0 aliphatic carbocycles. The standard InChI is InChI=1S/C8H7BrFNO/c1-4-2-3-5(9)6(7(4)10)8(11)12/h2-3H,1H3,(H2,11,12). The molecular formula is C8H7BrFNO. The van der Waals surface area contributed by atoms with Crippen LogP contribution in [0.4, 0.5) is 4.39 Å². The Morgan fingerprint density at radius 3 is 2.58 bits per heavy atom. The monoisotopic (exact) mass is 231 g/mol. The number of aryl methyl sites for hydroxylation is 1. The molecule has 0 aliphatic rings. The van der Waals surface area contributed by atoms with E-state index in [9.17, 15) is 9.18 Å². The van der Waals surface area contributed by atoms with Crippen LogP contribution < -0.4 is 5.73 Å². The minimum absolute atomic E-state index is 0.0880. The van der Waals surface area contributed by atoms with Gasteiger partial charge in [-0.15, -0.1) is 0 Å². The van der Waals surface area contributed by atoms with Crippen LogP contribution in [-0.4, -0.2) is 5.91 Å². The van der Waals surface area contributed by atoms with Crippen LogP contribution in [0.3, 0.4) is 0 Å². The molecule has 0 radical (unpaired) electrons. The molecule has 1 amide bonds. The van der Waals surface area contributed by atoms with Crippen LogP contribution in [0, 0.1) is 12.7 Å². The first-order valence-electron chi connectivity index (χ1n) is 3.28. The van der Waals surface area contributed by atoms with Crippen LogP contribution in [-0.2, 0) is 0 Å². The fraction of sp³-hybridized carbons (Fsp3) is 0.125. The Balaban J connectivity index is 3.43. The van der Waals surface area contributed by atoms with Gasteiger partial charge in [-0.2, -0.15) is 0 Å². The Morgan fingerprint density at radius 1 is 1.58 bits per heavy atom. The van der Waals surface area contributed by atoms with Crippen LogP contribution in [0.2, 0.25) is 0 Å². The van der Waals surface area contributed by atoms with Gasteiger partial charge in [0.25, 0.3) is 5.91 Å². The molecule has 1 rings (SSSR count). The van der Waals surface area contributed by atoms with E-state index in [-0.39, 0.29) is 5.56 Å². The molecule has 64 valence electrons. The summed E-state index contributed by atoms with van der Waals surface area (Å²) in [5.41, 5.74) is 5.30. The van der Waals surface area contributed by atoms with Crippen molar-refractivity contribution < 1.29 is 9.18 Å². The highest BCUT2D eigenvalue weighted by Gasteiger charge is 2.13. The number of hydrogen-bond acceptors (Lipinski definition) is 1. The Labute approximate surface area is 77.7 Å². The fourth-order valence-electron chi connectivity index (χ4n) is 0.883. The lowest BCUT2D eigenvalue weighted by atomic mass is 10.1. The SMILES string of the molecule is Cc1ccc(Br)c(C(N)=O)c1F. The Hall–Kier alpha value is -0.900. The van der Waals surface area contributed by atoms with Gasteiger partial charge in [0.2, 0.25) is 0 Å². The number of primary amides is 1. The summed E-state index contributed by atoms with van der Waals surface area (Å²) in [5.74, 6) is -1.32. The summed E-state index contributed by atoms with van der Waals surface area (Å²) in [5, 5.41) is 0. The molecule has 0 atom stereocenters. The molecule has 0 spiro atoms. The zero-order valence-corrected chi connectivity index (χ0v) is 7.98. The van der Waals surface area contributed by atoms with Crippen molar-refractivity contribution >= 4 is 21.8 Å². The normalized spacial score (nSPS) is 9.92. The molecule has 0 aliphatic heterocycles. The van der Waals surface area contributed by atoms with E-state index >= 15 is 0 Å². The zero-order valence-electron chi connectivity index (χ0n) is 6.40. The predicted octanol–water partition coefficient (Wildman–Crippen LogP) is 2.00. The van der Waals surface area contributed by atoms with Crippen LogP contribution in [0.1, 0.15) is 15.9 Å². The van der Waals surface area contributed by atoms with Crippen molar-refractivity contribution in [1.82, 2.24) is 0 Å². The summed E-state index contributed by atoms with van der Waals surface area (Å²) in [6.07, 6.45) is 0. The fourth-order valence-corrected chi connectivity index (χ4v) is 1.38. The summed E-state index contributed by atoms with van der Waals surface area (Å²) < 4.78 is 13.6. The van der Waals surface area contributed by atoms with Crippen LogP contribution in [0.5, 0.6) is 0 Å². The van der Waals surface area contributed by atoms with Crippen molar-refractivity contribution in [2.24, 2.45) is 5.73 Å². The molecular weight excluding hydrogens is 225 g/mol.